The number of amides is 1. The Morgan fingerprint density at radius 2 is 1.70 bits per heavy atom. The van der Waals surface area contributed by atoms with E-state index >= 15 is 0 Å². The lowest BCUT2D eigenvalue weighted by atomic mass is 10.0. The van der Waals surface area contributed by atoms with Crippen molar-refractivity contribution in [3.05, 3.63) is 101 Å². The van der Waals surface area contributed by atoms with Crippen LogP contribution in [-0.4, -0.2) is 30.4 Å². The van der Waals surface area contributed by atoms with Crippen LogP contribution in [0, 0.1) is 11.3 Å². The number of benzene rings is 3. The van der Waals surface area contributed by atoms with Gasteiger partial charge in [-0.1, -0.05) is 72.3 Å². The number of halogens is 1. The summed E-state index contributed by atoms with van der Waals surface area (Å²) in [5, 5.41) is 9.70. The highest BCUT2D eigenvalue weighted by Gasteiger charge is 2.31. The van der Waals surface area contributed by atoms with Gasteiger partial charge in [0, 0.05) is 19.6 Å². The number of carbonyl (C=O) groups is 1. The summed E-state index contributed by atoms with van der Waals surface area (Å²) in [6, 6.07) is 27.5. The Balaban J connectivity index is 1.60. The molecule has 1 fully saturated rings. The molecule has 1 aliphatic heterocycles. The molecule has 0 radical (unpaired) electrons. The third-order valence-electron chi connectivity index (χ3n) is 5.50. The van der Waals surface area contributed by atoms with Gasteiger partial charge in [-0.25, -0.2) is 0 Å². The monoisotopic (exact) mass is 415 g/mol. The number of hydrogen-bond acceptors (Lipinski definition) is 3. The highest BCUT2D eigenvalue weighted by molar-refractivity contribution is 6.33. The van der Waals surface area contributed by atoms with Gasteiger partial charge in [-0.05, 0) is 29.3 Å². The number of carbonyl (C=O) groups excluding carboxylic acids is 1. The van der Waals surface area contributed by atoms with Crippen LogP contribution in [-0.2, 0) is 11.2 Å². The molecule has 0 aliphatic carbocycles. The Hall–Kier alpha value is -3.29. The lowest BCUT2D eigenvalue weighted by Gasteiger charge is -2.43. The number of nitrogens with zero attached hydrogens (tertiary/aromatic N) is 3. The molecule has 1 atom stereocenters. The van der Waals surface area contributed by atoms with Crippen molar-refractivity contribution in [2.45, 2.75) is 12.5 Å². The molecule has 0 spiro atoms. The Labute approximate surface area is 181 Å². The predicted octanol–water partition coefficient (Wildman–Crippen LogP) is 4.84. The quantitative estimate of drug-likeness (QED) is 0.612. The van der Waals surface area contributed by atoms with E-state index in [9.17, 15) is 4.79 Å². The first-order chi connectivity index (χ1) is 14.7. The Morgan fingerprint density at radius 1 is 1.00 bits per heavy atom. The fourth-order valence-electron chi connectivity index (χ4n) is 3.95. The van der Waals surface area contributed by atoms with Crippen molar-refractivity contribution in [3.63, 3.8) is 0 Å². The molecule has 150 valence electrons. The molecule has 4 rings (SSSR count). The Morgan fingerprint density at radius 3 is 2.37 bits per heavy atom. The largest absolute Gasteiger partial charge is 0.360 e. The van der Waals surface area contributed by atoms with Gasteiger partial charge in [0.1, 0.15) is 0 Å². The molecule has 30 heavy (non-hydrogen) atoms. The zero-order valence-corrected chi connectivity index (χ0v) is 17.3. The van der Waals surface area contributed by atoms with E-state index in [4.69, 9.17) is 16.9 Å². The molecule has 1 amide bonds. The summed E-state index contributed by atoms with van der Waals surface area (Å²) in [6.45, 7) is 1.89. The van der Waals surface area contributed by atoms with Crippen molar-refractivity contribution in [2.24, 2.45) is 0 Å². The third-order valence-corrected chi connectivity index (χ3v) is 5.80. The van der Waals surface area contributed by atoms with Crippen LogP contribution >= 0.6 is 11.6 Å². The zero-order valence-electron chi connectivity index (χ0n) is 16.5. The molecule has 0 aromatic heterocycles. The summed E-state index contributed by atoms with van der Waals surface area (Å²) < 4.78 is 0. The van der Waals surface area contributed by atoms with E-state index in [1.165, 1.54) is 0 Å². The SMILES string of the molecule is N#Cc1ccc(N2CCN(C(=O)Cc3ccccc3)C[C@H]2c2ccccc2)c(Cl)c1. The molecule has 3 aromatic rings. The lowest BCUT2D eigenvalue weighted by molar-refractivity contribution is -0.131. The summed E-state index contributed by atoms with van der Waals surface area (Å²) in [5.74, 6) is 0.132. The zero-order chi connectivity index (χ0) is 20.9. The van der Waals surface area contributed by atoms with Crippen molar-refractivity contribution in [1.29, 1.82) is 5.26 Å². The van der Waals surface area contributed by atoms with E-state index in [2.05, 4.69) is 23.1 Å². The van der Waals surface area contributed by atoms with Crippen LogP contribution in [0.3, 0.4) is 0 Å². The number of piperazine rings is 1. The molecule has 1 aliphatic rings. The van der Waals surface area contributed by atoms with Gasteiger partial charge in [-0.3, -0.25) is 4.79 Å². The van der Waals surface area contributed by atoms with E-state index in [-0.39, 0.29) is 11.9 Å². The van der Waals surface area contributed by atoms with E-state index in [1.807, 2.05) is 59.5 Å². The van der Waals surface area contributed by atoms with Crippen LogP contribution in [0.15, 0.2) is 78.9 Å². The van der Waals surface area contributed by atoms with Crippen LogP contribution in [0.25, 0.3) is 0 Å². The minimum Gasteiger partial charge on any atom is -0.360 e. The average molecular weight is 416 g/mol. The first-order valence-electron chi connectivity index (χ1n) is 9.98. The van der Waals surface area contributed by atoms with Gasteiger partial charge < -0.3 is 9.80 Å². The summed E-state index contributed by atoms with van der Waals surface area (Å²) >= 11 is 6.53. The second-order valence-corrected chi connectivity index (χ2v) is 7.81. The number of anilines is 1. The molecule has 1 saturated heterocycles. The second kappa shape index (κ2) is 9.02. The first kappa shape index (κ1) is 20.0. The fraction of sp³-hybridized carbons (Fsp3) is 0.200. The minimum atomic E-state index is -0.00916. The van der Waals surface area contributed by atoms with Crippen molar-refractivity contribution in [1.82, 2.24) is 4.90 Å². The average Bonchev–Trinajstić information content (AvgIpc) is 2.80. The Kier molecular flexibility index (Phi) is 6.02. The van der Waals surface area contributed by atoms with Gasteiger partial charge in [0.25, 0.3) is 0 Å². The summed E-state index contributed by atoms with van der Waals surface area (Å²) in [4.78, 5) is 17.2. The molecule has 0 bridgehead atoms. The smallest absolute Gasteiger partial charge is 0.227 e. The highest BCUT2D eigenvalue weighted by Crippen LogP contribution is 2.35. The molecule has 4 nitrogen and oxygen atoms in total. The topological polar surface area (TPSA) is 47.3 Å². The second-order valence-electron chi connectivity index (χ2n) is 7.40. The summed E-state index contributed by atoms with van der Waals surface area (Å²) in [7, 11) is 0. The molecule has 0 unspecified atom stereocenters. The first-order valence-corrected chi connectivity index (χ1v) is 10.4. The van der Waals surface area contributed by atoms with Gasteiger partial charge in [0.05, 0.1) is 34.8 Å². The van der Waals surface area contributed by atoms with Crippen molar-refractivity contribution >= 4 is 23.2 Å². The molecule has 1 heterocycles. The Bertz CT molecular complexity index is 1060. The van der Waals surface area contributed by atoms with Crippen molar-refractivity contribution in [3.8, 4) is 6.07 Å². The molecule has 3 aromatic carbocycles. The predicted molar refractivity (Wildman–Crippen MR) is 119 cm³/mol. The summed E-state index contributed by atoms with van der Waals surface area (Å²) in [6.07, 6.45) is 0.403. The molecular weight excluding hydrogens is 394 g/mol. The normalized spacial score (nSPS) is 16.2. The lowest BCUT2D eigenvalue weighted by Crippen LogP contribution is -2.51. The van der Waals surface area contributed by atoms with Gasteiger partial charge in [-0.2, -0.15) is 5.26 Å². The van der Waals surface area contributed by atoms with Crippen LogP contribution in [0.4, 0.5) is 5.69 Å². The summed E-state index contributed by atoms with van der Waals surface area (Å²) in [5.41, 5.74) is 3.59. The van der Waals surface area contributed by atoms with Gasteiger partial charge in [-0.15, -0.1) is 0 Å². The standard InChI is InChI=1S/C25H22ClN3O/c26-22-15-20(17-27)11-12-23(22)29-14-13-28(18-24(29)21-9-5-2-6-10-21)25(30)16-19-7-3-1-4-8-19/h1-12,15,24H,13-14,16,18H2/t24-/m0/s1. The van der Waals surface area contributed by atoms with E-state index in [0.29, 0.717) is 36.6 Å². The van der Waals surface area contributed by atoms with Crippen LogP contribution in [0.1, 0.15) is 22.7 Å². The third kappa shape index (κ3) is 4.32. The van der Waals surface area contributed by atoms with Gasteiger partial charge in [0.15, 0.2) is 0 Å². The molecular formula is C25H22ClN3O. The maximum atomic E-state index is 13.0. The van der Waals surface area contributed by atoms with E-state index < -0.39 is 0 Å². The molecule has 0 N–H and O–H groups in total. The number of hydrogen-bond donors (Lipinski definition) is 0. The van der Waals surface area contributed by atoms with Gasteiger partial charge >= 0.3 is 0 Å². The van der Waals surface area contributed by atoms with Gasteiger partial charge in [0.2, 0.25) is 5.91 Å². The molecule has 0 saturated carbocycles. The minimum absolute atomic E-state index is 0.00916. The maximum Gasteiger partial charge on any atom is 0.227 e. The van der Waals surface area contributed by atoms with E-state index in [0.717, 1.165) is 16.8 Å². The van der Waals surface area contributed by atoms with Crippen LogP contribution < -0.4 is 4.90 Å². The van der Waals surface area contributed by atoms with Crippen molar-refractivity contribution < 1.29 is 4.79 Å². The van der Waals surface area contributed by atoms with Crippen LogP contribution in [0.5, 0.6) is 0 Å². The molecule has 5 heteroatoms. The number of rotatable bonds is 4. The number of nitriles is 1. The van der Waals surface area contributed by atoms with E-state index in [1.54, 1.807) is 12.1 Å². The fourth-order valence-corrected chi connectivity index (χ4v) is 4.24. The highest BCUT2D eigenvalue weighted by atomic mass is 35.5. The maximum absolute atomic E-state index is 13.0. The van der Waals surface area contributed by atoms with Crippen molar-refractivity contribution in [2.75, 3.05) is 24.5 Å². The van der Waals surface area contributed by atoms with Crippen LogP contribution in [0.2, 0.25) is 5.02 Å².